The second-order valence-electron chi connectivity index (χ2n) is 11.0. The van der Waals surface area contributed by atoms with Gasteiger partial charge in [0.1, 0.15) is 0 Å². The van der Waals surface area contributed by atoms with E-state index in [1.54, 1.807) is 0 Å². The van der Waals surface area contributed by atoms with Crippen LogP contribution in [0.1, 0.15) is 46.5 Å². The minimum Gasteiger partial charge on any atom is -0.312 e. The molecular weight excluding hydrogens is 424 g/mol. The Labute approximate surface area is 207 Å². The topological polar surface area (TPSA) is 15.3 Å². The zero-order valence-electron chi connectivity index (χ0n) is 20.8. The number of nitrogens with one attached hydrogen (secondary N) is 1. The molecular formula is C30H43ClN2. The zero-order chi connectivity index (χ0) is 23.2. The Morgan fingerprint density at radius 3 is 2.55 bits per heavy atom. The van der Waals surface area contributed by atoms with Crippen molar-refractivity contribution in [1.29, 1.82) is 0 Å². The van der Waals surface area contributed by atoms with Crippen LogP contribution in [-0.4, -0.2) is 37.1 Å². The average Bonchev–Trinajstić information content (AvgIpc) is 2.83. The monoisotopic (exact) mass is 466 g/mol. The van der Waals surface area contributed by atoms with Crippen LogP contribution < -0.4 is 5.32 Å². The Bertz CT molecular complexity index is 822. The van der Waals surface area contributed by atoms with Crippen molar-refractivity contribution in [3.63, 3.8) is 0 Å². The molecule has 1 heterocycles. The standard InChI is InChI=1S/C30H43ClN2/c1-22(2)30(21-33-17-15-26(16-18-33)25-11-13-28(31)14-12-25)32-20-24-8-6-9-27(19-24)29-10-5-4-7-23(29)3/h4-7,9-11,13-14,19,22-26,29-30,32H,8,12,15-18,20-21H2,1-3H3/t23?,24?,25?,29?,30-/m0/s1. The van der Waals surface area contributed by atoms with E-state index in [1.807, 2.05) is 0 Å². The van der Waals surface area contributed by atoms with Crippen molar-refractivity contribution in [2.75, 3.05) is 26.2 Å². The van der Waals surface area contributed by atoms with Crippen LogP contribution in [0, 0.1) is 35.5 Å². The number of hydrogen-bond donors (Lipinski definition) is 1. The first-order valence-corrected chi connectivity index (χ1v) is 13.6. The van der Waals surface area contributed by atoms with E-state index in [0.717, 1.165) is 30.3 Å². The molecule has 1 fully saturated rings. The zero-order valence-corrected chi connectivity index (χ0v) is 21.6. The first-order valence-electron chi connectivity index (χ1n) is 13.2. The van der Waals surface area contributed by atoms with Crippen LogP contribution in [0.4, 0.5) is 0 Å². The minimum absolute atomic E-state index is 0.529. The summed E-state index contributed by atoms with van der Waals surface area (Å²) in [7, 11) is 0. The largest absolute Gasteiger partial charge is 0.312 e. The summed E-state index contributed by atoms with van der Waals surface area (Å²) in [6, 6.07) is 0.553. The predicted molar refractivity (Wildman–Crippen MR) is 143 cm³/mol. The number of piperidine rings is 1. The summed E-state index contributed by atoms with van der Waals surface area (Å²) in [6.07, 6.45) is 27.9. The summed E-state index contributed by atoms with van der Waals surface area (Å²) >= 11 is 6.12. The van der Waals surface area contributed by atoms with E-state index in [1.165, 1.54) is 38.0 Å². The van der Waals surface area contributed by atoms with Crippen molar-refractivity contribution in [2.24, 2.45) is 35.5 Å². The van der Waals surface area contributed by atoms with Gasteiger partial charge < -0.3 is 10.2 Å². The molecule has 3 heteroatoms. The van der Waals surface area contributed by atoms with Crippen molar-refractivity contribution in [3.8, 4) is 0 Å². The van der Waals surface area contributed by atoms with E-state index in [4.69, 9.17) is 11.6 Å². The van der Waals surface area contributed by atoms with Gasteiger partial charge in [-0.05, 0) is 80.0 Å². The molecule has 0 spiro atoms. The molecule has 0 radical (unpaired) electrons. The Morgan fingerprint density at radius 2 is 1.85 bits per heavy atom. The Morgan fingerprint density at radius 1 is 1.06 bits per heavy atom. The smallest absolute Gasteiger partial charge is 0.0363 e. The summed E-state index contributed by atoms with van der Waals surface area (Å²) in [4.78, 5) is 2.70. The number of allylic oxidation sites excluding steroid dienone is 11. The summed E-state index contributed by atoms with van der Waals surface area (Å²) in [5.74, 6) is 3.86. The summed E-state index contributed by atoms with van der Waals surface area (Å²) in [6.45, 7) is 11.8. The summed E-state index contributed by atoms with van der Waals surface area (Å²) in [5.41, 5.74) is 1.50. The van der Waals surface area contributed by atoms with Gasteiger partial charge in [0, 0.05) is 30.1 Å². The normalized spacial score (nSPS) is 31.7. The molecule has 33 heavy (non-hydrogen) atoms. The van der Waals surface area contributed by atoms with Gasteiger partial charge in [-0.25, -0.2) is 0 Å². The highest BCUT2D eigenvalue weighted by molar-refractivity contribution is 6.31. The Balaban J connectivity index is 1.25. The first kappa shape index (κ1) is 24.8. The number of likely N-dealkylation sites (tertiary alicyclic amines) is 1. The molecule has 1 N–H and O–H groups in total. The van der Waals surface area contributed by atoms with Crippen LogP contribution in [0.25, 0.3) is 0 Å². The van der Waals surface area contributed by atoms with E-state index in [0.29, 0.717) is 35.6 Å². The van der Waals surface area contributed by atoms with Crippen LogP contribution in [-0.2, 0) is 0 Å². The second kappa shape index (κ2) is 11.9. The van der Waals surface area contributed by atoms with Crippen molar-refractivity contribution in [3.05, 3.63) is 71.4 Å². The summed E-state index contributed by atoms with van der Waals surface area (Å²) < 4.78 is 0. The molecule has 0 aromatic rings. The molecule has 0 amide bonds. The van der Waals surface area contributed by atoms with E-state index in [-0.39, 0.29) is 0 Å². The summed E-state index contributed by atoms with van der Waals surface area (Å²) in [5, 5.41) is 4.87. The van der Waals surface area contributed by atoms with Gasteiger partial charge in [-0.15, -0.1) is 0 Å². The van der Waals surface area contributed by atoms with Crippen LogP contribution in [0.15, 0.2) is 71.4 Å². The third kappa shape index (κ3) is 6.84. The highest BCUT2D eigenvalue weighted by Crippen LogP contribution is 2.33. The third-order valence-electron chi connectivity index (χ3n) is 8.20. The molecule has 2 nitrogen and oxygen atoms in total. The fourth-order valence-electron chi connectivity index (χ4n) is 5.89. The molecule has 4 rings (SSSR count). The van der Waals surface area contributed by atoms with E-state index in [9.17, 15) is 0 Å². The molecule has 4 aliphatic rings. The lowest BCUT2D eigenvalue weighted by molar-refractivity contribution is 0.138. The minimum atomic E-state index is 0.529. The van der Waals surface area contributed by atoms with E-state index < -0.39 is 0 Å². The fourth-order valence-corrected chi connectivity index (χ4v) is 6.05. The molecule has 1 aliphatic heterocycles. The number of rotatable bonds is 8. The average molecular weight is 467 g/mol. The molecule has 1 saturated heterocycles. The van der Waals surface area contributed by atoms with Crippen molar-refractivity contribution in [1.82, 2.24) is 10.2 Å². The molecule has 5 atom stereocenters. The maximum atomic E-state index is 6.12. The van der Waals surface area contributed by atoms with Gasteiger partial charge in [-0.2, -0.15) is 0 Å². The van der Waals surface area contributed by atoms with Crippen molar-refractivity contribution < 1.29 is 0 Å². The van der Waals surface area contributed by atoms with Gasteiger partial charge in [0.2, 0.25) is 0 Å². The van der Waals surface area contributed by atoms with Gasteiger partial charge in [0.05, 0.1) is 0 Å². The lowest BCUT2D eigenvalue weighted by atomic mass is 9.80. The van der Waals surface area contributed by atoms with E-state index >= 15 is 0 Å². The van der Waals surface area contributed by atoms with Gasteiger partial charge in [-0.3, -0.25) is 0 Å². The first-order chi connectivity index (χ1) is 16.0. The highest BCUT2D eigenvalue weighted by Gasteiger charge is 2.28. The molecule has 4 unspecified atom stereocenters. The maximum absolute atomic E-state index is 6.12. The maximum Gasteiger partial charge on any atom is 0.0363 e. The quantitative estimate of drug-likeness (QED) is 0.418. The Hall–Kier alpha value is -1.35. The lowest BCUT2D eigenvalue weighted by Gasteiger charge is -2.38. The van der Waals surface area contributed by atoms with Crippen LogP contribution in [0.3, 0.4) is 0 Å². The molecule has 3 aliphatic carbocycles. The molecule has 0 bridgehead atoms. The van der Waals surface area contributed by atoms with Gasteiger partial charge in [0.15, 0.2) is 0 Å². The fraction of sp³-hybridized carbons (Fsp3) is 0.600. The van der Waals surface area contributed by atoms with Crippen LogP contribution >= 0.6 is 11.6 Å². The van der Waals surface area contributed by atoms with E-state index in [2.05, 4.69) is 91.7 Å². The lowest BCUT2D eigenvalue weighted by Crippen LogP contribution is -2.48. The molecule has 0 aromatic heterocycles. The Kier molecular flexibility index (Phi) is 8.91. The van der Waals surface area contributed by atoms with Gasteiger partial charge >= 0.3 is 0 Å². The number of hydrogen-bond acceptors (Lipinski definition) is 2. The molecule has 0 saturated carbocycles. The number of halogens is 1. The third-order valence-corrected chi connectivity index (χ3v) is 8.48. The van der Waals surface area contributed by atoms with Crippen LogP contribution in [0.5, 0.6) is 0 Å². The second-order valence-corrected chi connectivity index (χ2v) is 11.4. The van der Waals surface area contributed by atoms with Crippen molar-refractivity contribution in [2.45, 2.75) is 52.5 Å². The number of nitrogens with zero attached hydrogens (tertiary/aromatic N) is 1. The van der Waals surface area contributed by atoms with Gasteiger partial charge in [0.25, 0.3) is 0 Å². The predicted octanol–water partition coefficient (Wildman–Crippen LogP) is 6.89. The van der Waals surface area contributed by atoms with Crippen LogP contribution in [0.2, 0.25) is 0 Å². The highest BCUT2D eigenvalue weighted by atomic mass is 35.5. The van der Waals surface area contributed by atoms with Crippen molar-refractivity contribution >= 4 is 11.6 Å². The molecule has 0 aromatic carbocycles. The SMILES string of the molecule is CC1C=CC=CC1C1=CC(CN[C@@H](CN2CCC(C3C=CC(Cl)=CC3)CC2)C(C)C)CC=C1. The molecule has 180 valence electrons. The van der Waals surface area contributed by atoms with Gasteiger partial charge in [-0.1, -0.05) is 87.1 Å².